The number of aromatic nitrogens is 3. The highest BCUT2D eigenvalue weighted by Crippen LogP contribution is 2.28. The third-order valence-electron chi connectivity index (χ3n) is 1.85. The molecule has 2 heterocycles. The van der Waals surface area contributed by atoms with E-state index in [0.717, 1.165) is 20.5 Å². The highest BCUT2D eigenvalue weighted by molar-refractivity contribution is 8.00. The van der Waals surface area contributed by atoms with E-state index in [2.05, 4.69) is 20.4 Å². The van der Waals surface area contributed by atoms with Crippen LogP contribution in [0.4, 0.5) is 0 Å². The maximum absolute atomic E-state index is 5.54. The third-order valence-corrected chi connectivity index (χ3v) is 3.68. The number of hydrogen-bond acceptors (Lipinski definition) is 6. The van der Waals surface area contributed by atoms with E-state index < -0.39 is 0 Å². The molecule has 0 atom stereocenters. The van der Waals surface area contributed by atoms with Crippen molar-refractivity contribution < 1.29 is 0 Å². The molecular weight excluding hydrogens is 228 g/mol. The Morgan fingerprint density at radius 1 is 1.47 bits per heavy atom. The third kappa shape index (κ3) is 2.53. The Labute approximate surface area is 96.1 Å². The van der Waals surface area contributed by atoms with Crippen molar-refractivity contribution in [2.24, 2.45) is 5.73 Å². The van der Waals surface area contributed by atoms with Gasteiger partial charge in [0, 0.05) is 12.7 Å². The Kier molecular flexibility index (Phi) is 3.30. The Morgan fingerprint density at radius 2 is 2.33 bits per heavy atom. The molecule has 0 radical (unpaired) electrons. The minimum atomic E-state index is 0.525. The summed E-state index contributed by atoms with van der Waals surface area (Å²) in [6, 6.07) is 2.05. The quantitative estimate of drug-likeness (QED) is 0.884. The summed E-state index contributed by atoms with van der Waals surface area (Å²) in [4.78, 5) is 8.45. The predicted molar refractivity (Wildman–Crippen MR) is 60.9 cm³/mol. The molecule has 0 aliphatic heterocycles. The molecule has 0 spiro atoms. The Balaban J connectivity index is 2.22. The molecule has 0 bridgehead atoms. The molecule has 0 saturated carbocycles. The molecule has 0 amide bonds. The monoisotopic (exact) mass is 238 g/mol. The van der Waals surface area contributed by atoms with Gasteiger partial charge in [-0.05, 0) is 41.3 Å². The van der Waals surface area contributed by atoms with E-state index in [1.54, 1.807) is 12.5 Å². The standard InChI is InChI=1S/C9H10N4S2/c1-6-2-7(3-10)4-11-8(6)14-9-12-5-13-15-9/h2,4-5H,3,10H2,1H3. The zero-order valence-corrected chi connectivity index (χ0v) is 9.81. The van der Waals surface area contributed by atoms with Gasteiger partial charge in [0.2, 0.25) is 0 Å². The van der Waals surface area contributed by atoms with Crippen LogP contribution in [0.1, 0.15) is 11.1 Å². The van der Waals surface area contributed by atoms with E-state index in [1.165, 1.54) is 23.3 Å². The van der Waals surface area contributed by atoms with Crippen molar-refractivity contribution in [1.29, 1.82) is 0 Å². The summed E-state index contributed by atoms with van der Waals surface area (Å²) < 4.78 is 4.85. The van der Waals surface area contributed by atoms with Crippen molar-refractivity contribution in [3.63, 3.8) is 0 Å². The van der Waals surface area contributed by atoms with Crippen LogP contribution < -0.4 is 5.73 Å². The van der Waals surface area contributed by atoms with Gasteiger partial charge >= 0.3 is 0 Å². The summed E-state index contributed by atoms with van der Waals surface area (Å²) in [5.41, 5.74) is 7.71. The molecule has 4 nitrogen and oxygen atoms in total. The van der Waals surface area contributed by atoms with Gasteiger partial charge in [-0.15, -0.1) is 0 Å². The van der Waals surface area contributed by atoms with Crippen LogP contribution in [0.3, 0.4) is 0 Å². The zero-order chi connectivity index (χ0) is 10.7. The van der Waals surface area contributed by atoms with E-state index in [-0.39, 0.29) is 0 Å². The van der Waals surface area contributed by atoms with Crippen molar-refractivity contribution in [3.8, 4) is 0 Å². The second-order valence-electron chi connectivity index (χ2n) is 2.98. The molecule has 2 rings (SSSR count). The number of nitrogens with zero attached hydrogens (tertiary/aromatic N) is 3. The van der Waals surface area contributed by atoms with Gasteiger partial charge in [0.25, 0.3) is 0 Å². The fourth-order valence-corrected chi connectivity index (χ4v) is 2.51. The van der Waals surface area contributed by atoms with Gasteiger partial charge in [-0.25, -0.2) is 9.97 Å². The van der Waals surface area contributed by atoms with Crippen molar-refractivity contribution in [2.75, 3.05) is 0 Å². The molecule has 2 aromatic rings. The van der Waals surface area contributed by atoms with Crippen LogP contribution >= 0.6 is 23.3 Å². The molecule has 0 fully saturated rings. The van der Waals surface area contributed by atoms with Gasteiger partial charge in [0.1, 0.15) is 11.4 Å². The van der Waals surface area contributed by atoms with Gasteiger partial charge < -0.3 is 5.73 Å². The summed E-state index contributed by atoms with van der Waals surface area (Å²) in [6.45, 7) is 2.55. The van der Waals surface area contributed by atoms with Crippen LogP contribution in [0.2, 0.25) is 0 Å². The Bertz CT molecular complexity index is 441. The smallest absolute Gasteiger partial charge is 0.176 e. The highest BCUT2D eigenvalue weighted by Gasteiger charge is 2.05. The van der Waals surface area contributed by atoms with E-state index in [9.17, 15) is 0 Å². The van der Waals surface area contributed by atoms with Crippen molar-refractivity contribution in [3.05, 3.63) is 29.7 Å². The van der Waals surface area contributed by atoms with Crippen molar-refractivity contribution >= 4 is 23.3 Å². The first-order valence-corrected chi connectivity index (χ1v) is 5.98. The Hall–Kier alpha value is -0.980. The minimum Gasteiger partial charge on any atom is -0.326 e. The number of rotatable bonds is 3. The topological polar surface area (TPSA) is 64.7 Å². The van der Waals surface area contributed by atoms with Crippen LogP contribution in [0.15, 0.2) is 28.0 Å². The summed E-state index contributed by atoms with van der Waals surface area (Å²) in [7, 11) is 0. The second-order valence-corrected chi connectivity index (χ2v) is 5.00. The lowest BCUT2D eigenvalue weighted by Crippen LogP contribution is -1.98. The molecule has 0 unspecified atom stereocenters. The maximum Gasteiger partial charge on any atom is 0.176 e. The molecule has 2 aromatic heterocycles. The fraction of sp³-hybridized carbons (Fsp3) is 0.222. The van der Waals surface area contributed by atoms with Crippen molar-refractivity contribution in [1.82, 2.24) is 14.3 Å². The molecule has 0 aromatic carbocycles. The fourth-order valence-electron chi connectivity index (χ4n) is 1.13. The van der Waals surface area contributed by atoms with Gasteiger partial charge in [0.15, 0.2) is 4.34 Å². The molecule has 0 saturated heterocycles. The van der Waals surface area contributed by atoms with E-state index in [4.69, 9.17) is 5.73 Å². The number of nitrogens with two attached hydrogens (primary N) is 1. The van der Waals surface area contributed by atoms with Crippen LogP contribution in [-0.4, -0.2) is 14.3 Å². The second kappa shape index (κ2) is 4.69. The normalized spacial score (nSPS) is 10.5. The van der Waals surface area contributed by atoms with Crippen LogP contribution in [0, 0.1) is 6.92 Å². The molecular formula is C9H10N4S2. The lowest BCUT2D eigenvalue weighted by molar-refractivity contribution is 0.987. The average Bonchev–Trinajstić information content (AvgIpc) is 2.74. The van der Waals surface area contributed by atoms with Gasteiger partial charge in [-0.1, -0.05) is 6.07 Å². The van der Waals surface area contributed by atoms with Gasteiger partial charge in [-0.3, -0.25) is 0 Å². The molecule has 15 heavy (non-hydrogen) atoms. The summed E-state index contributed by atoms with van der Waals surface area (Å²) in [5, 5.41) is 0.962. The highest BCUT2D eigenvalue weighted by atomic mass is 32.2. The SMILES string of the molecule is Cc1cc(CN)cnc1Sc1ncns1. The van der Waals surface area contributed by atoms with Crippen molar-refractivity contribution in [2.45, 2.75) is 22.8 Å². The predicted octanol–water partition coefficient (Wildman–Crippen LogP) is 1.85. The van der Waals surface area contributed by atoms with Gasteiger partial charge in [-0.2, -0.15) is 4.37 Å². The number of aryl methyl sites for hydroxylation is 1. The van der Waals surface area contributed by atoms with Gasteiger partial charge in [0.05, 0.1) is 0 Å². The number of pyridine rings is 1. The van der Waals surface area contributed by atoms with E-state index in [1.807, 2.05) is 6.92 Å². The summed E-state index contributed by atoms with van der Waals surface area (Å²) >= 11 is 2.91. The van der Waals surface area contributed by atoms with Crippen LogP contribution in [0.25, 0.3) is 0 Å². The lowest BCUT2D eigenvalue weighted by Gasteiger charge is -2.03. The average molecular weight is 238 g/mol. The zero-order valence-electron chi connectivity index (χ0n) is 8.17. The summed E-state index contributed by atoms with van der Waals surface area (Å²) in [6.07, 6.45) is 3.35. The molecule has 6 heteroatoms. The lowest BCUT2D eigenvalue weighted by atomic mass is 10.2. The van der Waals surface area contributed by atoms with Crippen LogP contribution in [-0.2, 0) is 6.54 Å². The minimum absolute atomic E-state index is 0.525. The first kappa shape index (κ1) is 10.5. The first-order valence-electron chi connectivity index (χ1n) is 4.39. The molecule has 0 aliphatic rings. The largest absolute Gasteiger partial charge is 0.326 e. The molecule has 78 valence electrons. The number of hydrogen-bond donors (Lipinski definition) is 1. The summed E-state index contributed by atoms with van der Waals surface area (Å²) in [5.74, 6) is 0. The maximum atomic E-state index is 5.54. The molecule has 2 N–H and O–H groups in total. The first-order chi connectivity index (χ1) is 7.29. The Morgan fingerprint density at radius 3 is 2.93 bits per heavy atom. The van der Waals surface area contributed by atoms with Crippen LogP contribution in [0.5, 0.6) is 0 Å². The van der Waals surface area contributed by atoms with E-state index >= 15 is 0 Å². The van der Waals surface area contributed by atoms with E-state index in [0.29, 0.717) is 6.54 Å². The molecule has 0 aliphatic carbocycles.